The molecule has 0 saturated carbocycles. The molecule has 0 spiro atoms. The van der Waals surface area contributed by atoms with Gasteiger partial charge < -0.3 is 4.52 Å². The van der Waals surface area contributed by atoms with Gasteiger partial charge in [0.05, 0.1) is 0 Å². The molecule has 0 atom stereocenters. The Hall–Kier alpha value is -0.860. The van der Waals surface area contributed by atoms with Crippen LogP contribution in [0.5, 0.6) is 0 Å². The Morgan fingerprint density at radius 2 is 1.92 bits per heavy atom. The second kappa shape index (κ2) is 4.24. The largest absolute Gasteiger partial charge is 0.339 e. The third-order valence-corrected chi connectivity index (χ3v) is 2.13. The summed E-state index contributed by atoms with van der Waals surface area (Å²) in [5.74, 6) is 2.06. The molecule has 3 nitrogen and oxygen atoms in total. The van der Waals surface area contributed by atoms with E-state index in [1.54, 1.807) is 0 Å². The molecule has 1 aromatic heterocycles. The topological polar surface area (TPSA) is 38.9 Å². The minimum atomic E-state index is 0.442. The Labute approximate surface area is 73.2 Å². The summed E-state index contributed by atoms with van der Waals surface area (Å²) >= 11 is 0. The Morgan fingerprint density at radius 3 is 2.33 bits per heavy atom. The van der Waals surface area contributed by atoms with Gasteiger partial charge in [0.15, 0.2) is 5.82 Å². The molecule has 0 N–H and O–H groups in total. The molecule has 0 bridgehead atoms. The summed E-state index contributed by atoms with van der Waals surface area (Å²) in [5, 5.41) is 3.87. The van der Waals surface area contributed by atoms with Gasteiger partial charge in [-0.2, -0.15) is 4.98 Å². The fraction of sp³-hybridized carbons (Fsp3) is 0.778. The van der Waals surface area contributed by atoms with Crippen molar-refractivity contribution in [3.05, 3.63) is 11.7 Å². The maximum atomic E-state index is 5.14. The Morgan fingerprint density at radius 1 is 1.25 bits per heavy atom. The van der Waals surface area contributed by atoms with Crippen molar-refractivity contribution in [1.82, 2.24) is 10.1 Å². The third-order valence-electron chi connectivity index (χ3n) is 2.13. The Kier molecular flexibility index (Phi) is 3.26. The minimum Gasteiger partial charge on any atom is -0.339 e. The quantitative estimate of drug-likeness (QED) is 0.693. The summed E-state index contributed by atoms with van der Waals surface area (Å²) in [6.07, 6.45) is 2.99. The maximum absolute atomic E-state index is 5.14. The molecule has 0 amide bonds. The molecule has 0 aliphatic heterocycles. The lowest BCUT2D eigenvalue weighted by atomic mass is 10.0. The maximum Gasteiger partial charge on any atom is 0.229 e. The predicted molar refractivity (Wildman–Crippen MR) is 47.0 cm³/mol. The number of rotatable bonds is 4. The van der Waals surface area contributed by atoms with Crippen molar-refractivity contribution in [3.8, 4) is 0 Å². The summed E-state index contributed by atoms with van der Waals surface area (Å²) in [6.45, 7) is 6.31. The molecule has 0 aliphatic rings. The average Bonchev–Trinajstić information content (AvgIpc) is 2.55. The van der Waals surface area contributed by atoms with Crippen LogP contribution in [0.25, 0.3) is 0 Å². The van der Waals surface area contributed by atoms with Gasteiger partial charge in [0.25, 0.3) is 0 Å². The highest BCUT2D eigenvalue weighted by Gasteiger charge is 2.13. The van der Waals surface area contributed by atoms with Crippen molar-refractivity contribution >= 4 is 0 Å². The Bertz CT molecular complexity index is 228. The van der Waals surface area contributed by atoms with Crippen LogP contribution >= 0.6 is 0 Å². The average molecular weight is 168 g/mol. The molecule has 1 rings (SSSR count). The first-order valence-corrected chi connectivity index (χ1v) is 4.64. The zero-order valence-corrected chi connectivity index (χ0v) is 8.00. The van der Waals surface area contributed by atoms with Gasteiger partial charge in [0, 0.05) is 12.3 Å². The predicted octanol–water partition coefficient (Wildman–Crippen LogP) is 2.54. The third kappa shape index (κ3) is 1.84. The lowest BCUT2D eigenvalue weighted by Gasteiger charge is -2.03. The zero-order valence-electron chi connectivity index (χ0n) is 8.00. The van der Waals surface area contributed by atoms with E-state index in [4.69, 9.17) is 4.52 Å². The molecule has 0 aliphatic carbocycles. The molecule has 0 unspecified atom stereocenters. The van der Waals surface area contributed by atoms with Crippen LogP contribution < -0.4 is 0 Å². The molecule has 0 fully saturated rings. The number of nitrogens with zero attached hydrogens (tertiary/aromatic N) is 2. The van der Waals surface area contributed by atoms with E-state index in [0.717, 1.165) is 31.0 Å². The first-order chi connectivity index (χ1) is 5.81. The van der Waals surface area contributed by atoms with E-state index in [1.165, 1.54) is 0 Å². The lowest BCUT2D eigenvalue weighted by Crippen LogP contribution is -1.95. The molecule has 68 valence electrons. The van der Waals surface area contributed by atoms with E-state index in [0.29, 0.717) is 5.92 Å². The summed E-state index contributed by atoms with van der Waals surface area (Å²) < 4.78 is 5.14. The summed E-state index contributed by atoms with van der Waals surface area (Å²) in [7, 11) is 0. The van der Waals surface area contributed by atoms with E-state index in [1.807, 2.05) is 6.92 Å². The second-order valence-electron chi connectivity index (χ2n) is 2.92. The molecule has 0 aromatic carbocycles. The number of hydrogen-bond acceptors (Lipinski definition) is 3. The van der Waals surface area contributed by atoms with E-state index in [9.17, 15) is 0 Å². The van der Waals surface area contributed by atoms with Gasteiger partial charge in [-0.05, 0) is 12.8 Å². The van der Waals surface area contributed by atoms with E-state index in [-0.39, 0.29) is 0 Å². The molecular formula is C9H16N2O. The highest BCUT2D eigenvalue weighted by molar-refractivity contribution is 4.92. The molecule has 0 radical (unpaired) electrons. The molecule has 1 heterocycles. The fourth-order valence-electron chi connectivity index (χ4n) is 1.21. The van der Waals surface area contributed by atoms with Crippen molar-refractivity contribution in [1.29, 1.82) is 0 Å². The van der Waals surface area contributed by atoms with Crippen molar-refractivity contribution in [2.45, 2.75) is 46.0 Å². The van der Waals surface area contributed by atoms with E-state index in [2.05, 4.69) is 24.0 Å². The van der Waals surface area contributed by atoms with E-state index < -0.39 is 0 Å². The van der Waals surface area contributed by atoms with Gasteiger partial charge in [-0.15, -0.1) is 0 Å². The van der Waals surface area contributed by atoms with Crippen LogP contribution in [0.3, 0.4) is 0 Å². The number of hydrogen-bond donors (Lipinski definition) is 0. The van der Waals surface area contributed by atoms with Crippen LogP contribution in [-0.4, -0.2) is 10.1 Å². The summed E-state index contributed by atoms with van der Waals surface area (Å²) in [4.78, 5) is 4.29. The molecule has 1 aromatic rings. The van der Waals surface area contributed by atoms with Crippen molar-refractivity contribution in [2.75, 3.05) is 0 Å². The number of aromatic nitrogens is 2. The van der Waals surface area contributed by atoms with Crippen LogP contribution in [-0.2, 0) is 6.42 Å². The van der Waals surface area contributed by atoms with Crippen molar-refractivity contribution in [3.63, 3.8) is 0 Å². The fourth-order valence-corrected chi connectivity index (χ4v) is 1.21. The van der Waals surface area contributed by atoms with Crippen LogP contribution in [0.4, 0.5) is 0 Å². The Balaban J connectivity index is 2.72. The normalized spacial score (nSPS) is 11.0. The minimum absolute atomic E-state index is 0.442. The highest BCUT2D eigenvalue weighted by Crippen LogP contribution is 2.20. The van der Waals surface area contributed by atoms with Crippen LogP contribution in [0.15, 0.2) is 4.52 Å². The van der Waals surface area contributed by atoms with Gasteiger partial charge in [0.2, 0.25) is 5.89 Å². The monoisotopic (exact) mass is 168 g/mol. The summed E-state index contributed by atoms with van der Waals surface area (Å²) in [6, 6.07) is 0. The smallest absolute Gasteiger partial charge is 0.229 e. The van der Waals surface area contributed by atoms with E-state index >= 15 is 0 Å². The standard InChI is InChI=1S/C9H16N2O/c1-4-7(5-2)9-10-8(6-3)11-12-9/h7H,4-6H2,1-3H3. The van der Waals surface area contributed by atoms with Crippen molar-refractivity contribution < 1.29 is 4.52 Å². The van der Waals surface area contributed by atoms with Crippen LogP contribution in [0.2, 0.25) is 0 Å². The highest BCUT2D eigenvalue weighted by atomic mass is 16.5. The summed E-state index contributed by atoms with van der Waals surface area (Å²) in [5.41, 5.74) is 0. The van der Waals surface area contributed by atoms with Crippen LogP contribution in [0.1, 0.15) is 51.2 Å². The second-order valence-corrected chi connectivity index (χ2v) is 2.92. The van der Waals surface area contributed by atoms with Gasteiger partial charge in [-0.3, -0.25) is 0 Å². The molecule has 0 saturated heterocycles. The van der Waals surface area contributed by atoms with Gasteiger partial charge in [-0.1, -0.05) is 25.9 Å². The van der Waals surface area contributed by atoms with Crippen molar-refractivity contribution in [2.24, 2.45) is 0 Å². The van der Waals surface area contributed by atoms with Crippen LogP contribution in [0, 0.1) is 0 Å². The molecule has 3 heteroatoms. The number of aryl methyl sites for hydroxylation is 1. The SMILES string of the molecule is CCc1noc(C(CC)CC)n1. The molecule has 12 heavy (non-hydrogen) atoms. The lowest BCUT2D eigenvalue weighted by molar-refractivity contribution is 0.343. The van der Waals surface area contributed by atoms with Gasteiger partial charge >= 0.3 is 0 Å². The van der Waals surface area contributed by atoms with Gasteiger partial charge in [0.1, 0.15) is 0 Å². The zero-order chi connectivity index (χ0) is 8.97. The molecular weight excluding hydrogens is 152 g/mol. The van der Waals surface area contributed by atoms with Gasteiger partial charge in [-0.25, -0.2) is 0 Å². The first-order valence-electron chi connectivity index (χ1n) is 4.64. The first kappa shape index (κ1) is 9.23.